The molecule has 5 radical (unpaired) electrons. The third-order valence-electron chi connectivity index (χ3n) is 14.5. The number of primary amides is 3. The van der Waals surface area contributed by atoms with E-state index in [0.29, 0.717) is 38.6 Å². The van der Waals surface area contributed by atoms with Gasteiger partial charge in [0.1, 0.15) is 42.3 Å². The first kappa shape index (κ1) is 70.8. The molecular formula is C54H85N14O16. The van der Waals surface area contributed by atoms with E-state index in [-0.39, 0.29) is 37.8 Å². The zero-order chi connectivity index (χ0) is 63.1. The maximum Gasteiger partial charge on any atom is 0.306 e. The Hall–Kier alpha value is -7.50. The van der Waals surface area contributed by atoms with Crippen LogP contribution in [0.4, 0.5) is 0 Å². The summed E-state index contributed by atoms with van der Waals surface area (Å²) < 4.78 is 5.39. The molecule has 1 heterocycles. The van der Waals surface area contributed by atoms with Crippen molar-refractivity contribution >= 4 is 82.8 Å². The lowest BCUT2D eigenvalue weighted by Crippen LogP contribution is -2.60. The molecule has 0 aromatic carbocycles. The van der Waals surface area contributed by atoms with Crippen molar-refractivity contribution in [1.82, 2.24) is 52.8 Å². The number of aliphatic hydroxyl groups is 1. The van der Waals surface area contributed by atoms with E-state index in [1.165, 1.54) is 18.7 Å². The van der Waals surface area contributed by atoms with Gasteiger partial charge in [0, 0.05) is 37.8 Å². The van der Waals surface area contributed by atoms with E-state index in [9.17, 15) is 72.2 Å². The molecule has 84 heavy (non-hydrogen) atoms. The van der Waals surface area contributed by atoms with Crippen molar-refractivity contribution in [3.8, 4) is 0 Å². The van der Waals surface area contributed by atoms with Gasteiger partial charge in [-0.05, 0) is 102 Å². The number of fused-ring (bicyclic) bond motifs is 1. The van der Waals surface area contributed by atoms with Gasteiger partial charge in [0.15, 0.2) is 0 Å². The number of nitrogens with zero attached hydrogens (tertiary/aromatic N) is 1. The number of ether oxygens (including phenoxy) is 1. The number of hydrogen-bond donors (Lipinski definition) is 14. The monoisotopic (exact) mass is 1190 g/mol. The van der Waals surface area contributed by atoms with Gasteiger partial charge in [0.2, 0.25) is 76.8 Å². The molecule has 0 aromatic rings. The minimum absolute atomic E-state index is 0.0249. The molecule has 0 spiro atoms. The van der Waals surface area contributed by atoms with E-state index >= 15 is 0 Å². The minimum atomic E-state index is -1.74. The maximum absolute atomic E-state index is 13.6. The summed E-state index contributed by atoms with van der Waals surface area (Å²) >= 11 is 0. The Bertz CT molecular complexity index is 2390. The Balaban J connectivity index is 1.50. The highest BCUT2D eigenvalue weighted by atomic mass is 16.5. The second kappa shape index (κ2) is 34.3. The Labute approximate surface area is 488 Å². The normalized spacial score (nSPS) is 19.9. The molecule has 1 aliphatic heterocycles. The average Bonchev–Trinajstić information content (AvgIpc) is 2.75. The number of carbonyl (C=O) groups excluding carboxylic acids is 14. The summed E-state index contributed by atoms with van der Waals surface area (Å²) in [6.45, 7) is 9.50. The molecule has 2 saturated carbocycles. The predicted molar refractivity (Wildman–Crippen MR) is 298 cm³/mol. The molecule has 3 fully saturated rings. The number of esters is 1. The van der Waals surface area contributed by atoms with Gasteiger partial charge in [0.25, 0.3) is 0 Å². The second-order valence-corrected chi connectivity index (χ2v) is 21.6. The first-order chi connectivity index (χ1) is 39.4. The standard InChI is InChI=1S/C54H85N14O16/c1-8-27(4)45(52(81)60-25-42(74)65-44(26(2)3)51(80)59-24-41(73)61-29(6)54(83)68-21-10-13-37(68)47(58)76)66-48(77)28(5)62-53(82)46(30(7)69)67-50(79)35(15-17-39(57)71)63-40(72)18-19-43(75)84-22-20-31-23-36(33-12-9-11-32(31)33)64-49(78)34(55)14-16-38(56)70/h9,11-12,26-31,34-37,44-46,69H,8,10,13-25,55H2,1-7H3,(H2,56,70)(H2,57,71)(H2,58,76)(H,59,80)(H,60,81)(H,61,73)(H,62,82)(H,63,72)(H,64,78)(H,65,74)(H,66,77)(H,67,79)/t27-,28-,29-,30+,31-,34-,35-,36+,37-,44-,45-,46-/m0/s1. The number of nitrogens with one attached hydrogen (secondary N) is 9. The van der Waals surface area contributed by atoms with Crippen molar-refractivity contribution in [1.29, 1.82) is 0 Å². The van der Waals surface area contributed by atoms with E-state index in [1.807, 2.05) is 19.3 Å². The van der Waals surface area contributed by atoms with Crippen molar-refractivity contribution in [2.75, 3.05) is 26.2 Å². The molecule has 2 aliphatic carbocycles. The fraction of sp³-hybridized carbons (Fsp3) is 0.648. The third-order valence-corrected chi connectivity index (χ3v) is 14.5. The van der Waals surface area contributed by atoms with Crippen LogP contribution in [0.5, 0.6) is 0 Å². The topological polar surface area (TPSA) is 484 Å². The largest absolute Gasteiger partial charge is 0.466 e. The zero-order valence-corrected chi connectivity index (χ0v) is 48.7. The average molecular weight is 1190 g/mol. The van der Waals surface area contributed by atoms with Crippen LogP contribution >= 0.6 is 0 Å². The smallest absolute Gasteiger partial charge is 0.306 e. The van der Waals surface area contributed by atoms with Gasteiger partial charge in [-0.1, -0.05) is 34.1 Å². The number of amides is 13. The van der Waals surface area contributed by atoms with E-state index < -0.39 is 181 Å². The molecule has 30 heteroatoms. The maximum atomic E-state index is 13.6. The molecule has 30 nitrogen and oxygen atoms in total. The van der Waals surface area contributed by atoms with Crippen LogP contribution in [0, 0.1) is 48.9 Å². The number of likely N-dealkylation sites (tertiary alicyclic amines) is 1. The van der Waals surface area contributed by atoms with E-state index in [4.69, 9.17) is 27.7 Å². The zero-order valence-electron chi connectivity index (χ0n) is 48.7. The van der Waals surface area contributed by atoms with Crippen LogP contribution in [-0.4, -0.2) is 179 Å². The van der Waals surface area contributed by atoms with Gasteiger partial charge in [0.05, 0.1) is 38.3 Å². The molecule has 3 rings (SSSR count). The van der Waals surface area contributed by atoms with Crippen LogP contribution in [0.3, 0.4) is 0 Å². The number of carbonyl (C=O) groups is 14. The van der Waals surface area contributed by atoms with Gasteiger partial charge in [-0.25, -0.2) is 0 Å². The summed E-state index contributed by atoms with van der Waals surface area (Å²) in [6.07, 6.45) is 4.66. The first-order valence-electron chi connectivity index (χ1n) is 28.1. The fourth-order valence-electron chi connectivity index (χ4n) is 9.47. The van der Waals surface area contributed by atoms with Crippen molar-refractivity contribution in [2.45, 2.75) is 180 Å². The summed E-state index contributed by atoms with van der Waals surface area (Å²) in [5.41, 5.74) is 21.8. The molecule has 0 aromatic heterocycles. The Morgan fingerprint density at radius 1 is 0.643 bits per heavy atom. The fourth-order valence-corrected chi connectivity index (χ4v) is 9.47. The summed E-state index contributed by atoms with van der Waals surface area (Å²) in [5.74, 6) is -9.90. The molecule has 13 amide bonds. The molecule has 0 bridgehead atoms. The second-order valence-electron chi connectivity index (χ2n) is 21.6. The van der Waals surface area contributed by atoms with E-state index in [1.54, 1.807) is 27.7 Å². The Morgan fingerprint density at radius 3 is 1.83 bits per heavy atom. The lowest BCUT2D eigenvalue weighted by molar-refractivity contribution is -0.145. The molecular weight excluding hydrogens is 1100 g/mol. The highest BCUT2D eigenvalue weighted by Gasteiger charge is 2.47. The van der Waals surface area contributed by atoms with Gasteiger partial charge in [-0.3, -0.25) is 67.1 Å². The summed E-state index contributed by atoms with van der Waals surface area (Å²) in [4.78, 5) is 180. The summed E-state index contributed by atoms with van der Waals surface area (Å²) in [7, 11) is 0. The first-order valence-corrected chi connectivity index (χ1v) is 28.1. The van der Waals surface area contributed by atoms with Crippen molar-refractivity contribution in [2.24, 2.45) is 40.7 Å². The van der Waals surface area contributed by atoms with Crippen LogP contribution in [0.1, 0.15) is 119 Å². The summed E-state index contributed by atoms with van der Waals surface area (Å²) in [5, 5.41) is 32.9. The summed E-state index contributed by atoms with van der Waals surface area (Å²) in [6, 6.07) is -10.2. The lowest BCUT2D eigenvalue weighted by Gasteiger charge is -2.28. The quantitative estimate of drug-likeness (QED) is 0.0263. The van der Waals surface area contributed by atoms with Gasteiger partial charge >= 0.3 is 5.97 Å². The van der Waals surface area contributed by atoms with Crippen molar-refractivity contribution in [3.05, 3.63) is 31.1 Å². The lowest BCUT2D eigenvalue weighted by atomic mass is 9.90. The van der Waals surface area contributed by atoms with Crippen LogP contribution in [0.2, 0.25) is 0 Å². The van der Waals surface area contributed by atoms with Crippen LogP contribution in [0.25, 0.3) is 0 Å². The molecule has 12 atom stereocenters. The van der Waals surface area contributed by atoms with E-state index in [0.717, 1.165) is 18.8 Å². The molecule has 18 N–H and O–H groups in total. The van der Waals surface area contributed by atoms with Crippen LogP contribution in [-0.2, 0) is 71.9 Å². The molecule has 1 saturated heterocycles. The van der Waals surface area contributed by atoms with E-state index in [2.05, 4.69) is 47.9 Å². The number of rotatable bonds is 35. The predicted octanol–water partition coefficient (Wildman–Crippen LogP) is -5.42. The van der Waals surface area contributed by atoms with Gasteiger partial charge in [-0.2, -0.15) is 0 Å². The highest BCUT2D eigenvalue weighted by Crippen LogP contribution is 2.50. The number of aliphatic hydroxyl groups excluding tert-OH is 1. The van der Waals surface area contributed by atoms with Gasteiger partial charge < -0.3 is 85.5 Å². The number of hydrogen-bond acceptors (Lipinski definition) is 17. The van der Waals surface area contributed by atoms with Crippen LogP contribution < -0.4 is 70.8 Å². The van der Waals surface area contributed by atoms with Crippen molar-refractivity contribution < 1.29 is 77.0 Å². The SMILES string of the molecule is CC[C@H](C)[C@H](NC(=O)[C@H](C)NC(=O)[C@@H](NC(=O)[C@H](CCC(N)=O)NC(=O)CCC(=O)OCC[C@H]1C[C@@H](NC(=O)[C@@H](N)CCC(N)=O)[C]2[CH][CH][CH][C]21)[C@@H](C)O)C(=O)NCC(=O)N[C@H](C(=O)NCC(=O)N[C@@H](C)C(=O)N1CCC[C@H]1C(N)=O)C(C)C. The Kier molecular flexibility index (Phi) is 28.9. The molecule has 3 aliphatic rings. The molecule has 0 unspecified atom stereocenters. The van der Waals surface area contributed by atoms with Crippen molar-refractivity contribution in [3.63, 3.8) is 0 Å². The Morgan fingerprint density at radius 2 is 1.24 bits per heavy atom. The molecule has 467 valence electrons. The minimum Gasteiger partial charge on any atom is -0.466 e. The third kappa shape index (κ3) is 22.6. The van der Waals surface area contributed by atoms with Gasteiger partial charge in [-0.15, -0.1) is 0 Å². The highest BCUT2D eigenvalue weighted by molar-refractivity contribution is 5.98. The van der Waals surface area contributed by atoms with Crippen LogP contribution in [0.15, 0.2) is 0 Å². The number of nitrogens with two attached hydrogens (primary N) is 4.